The molecule has 3 heteroatoms. The molecule has 0 bridgehead atoms. The van der Waals surface area contributed by atoms with Gasteiger partial charge in [-0.2, -0.15) is 0 Å². The van der Waals surface area contributed by atoms with E-state index >= 15 is 0 Å². The minimum atomic E-state index is 0.231. The lowest BCUT2D eigenvalue weighted by Gasteiger charge is -2.10. The first kappa shape index (κ1) is 3.77. The molecule has 0 radical (unpaired) electrons. The largest absolute Gasteiger partial charge is 0.633 e. The van der Waals surface area contributed by atoms with Gasteiger partial charge in [-0.05, 0) is 0 Å². The summed E-state index contributed by atoms with van der Waals surface area (Å²) in [4.78, 5) is 3.69. The maximum absolute atomic E-state index is 10.1. The van der Waals surface area contributed by atoms with Crippen LogP contribution in [0.15, 0.2) is 4.99 Å². The fourth-order valence-corrected chi connectivity index (χ4v) is 0.397. The van der Waals surface area contributed by atoms with E-state index in [4.69, 9.17) is 0 Å². The van der Waals surface area contributed by atoms with E-state index in [0.717, 1.165) is 0 Å². The summed E-state index contributed by atoms with van der Waals surface area (Å²) in [5.41, 5.74) is 0. The number of rotatable bonds is 0. The number of nitrogens with one attached hydrogen (secondary N) is 1. The molecule has 3 nitrogen and oxygen atoms in total. The summed E-state index contributed by atoms with van der Waals surface area (Å²) < 4.78 is 0. The summed E-state index contributed by atoms with van der Waals surface area (Å²) in [6.45, 7) is 0.972. The first-order valence-electron chi connectivity index (χ1n) is 1.89. The maximum atomic E-state index is 10.1. The van der Waals surface area contributed by atoms with E-state index in [2.05, 4.69) is 4.99 Å². The molecule has 1 unspecified atom stereocenters. The van der Waals surface area contributed by atoms with Gasteiger partial charge in [-0.1, -0.05) is 0 Å². The van der Waals surface area contributed by atoms with Crippen LogP contribution in [0.1, 0.15) is 0 Å². The van der Waals surface area contributed by atoms with Crippen molar-refractivity contribution in [3.8, 4) is 0 Å². The first-order valence-corrected chi connectivity index (χ1v) is 1.89. The lowest BCUT2D eigenvalue weighted by Crippen LogP contribution is -3.05. The molecule has 6 heavy (non-hydrogen) atoms. The highest BCUT2D eigenvalue weighted by molar-refractivity contribution is 5.58. The predicted molar refractivity (Wildman–Crippen MR) is 22.6 cm³/mol. The van der Waals surface area contributed by atoms with Crippen molar-refractivity contribution < 1.29 is 5.06 Å². The Hall–Kier alpha value is -0.410. The molecule has 0 fully saturated rings. The minimum Gasteiger partial charge on any atom is -0.633 e. The average molecular weight is 86.1 g/mol. The molecular formula is C3H6N2O. The van der Waals surface area contributed by atoms with Gasteiger partial charge in [0.1, 0.15) is 6.54 Å². The molecule has 34 valence electrons. The molecule has 0 amide bonds. The predicted octanol–water partition coefficient (Wildman–Crippen LogP) is -1.59. The fourth-order valence-electron chi connectivity index (χ4n) is 0.397. The molecule has 0 saturated carbocycles. The molecule has 0 saturated heterocycles. The molecule has 0 aromatic rings. The smallest absolute Gasteiger partial charge is 0.170 e. The third-order valence-corrected chi connectivity index (χ3v) is 0.716. The van der Waals surface area contributed by atoms with Crippen molar-refractivity contribution in [2.75, 3.05) is 13.2 Å². The summed E-state index contributed by atoms with van der Waals surface area (Å²) in [5.74, 6) is 0. The number of quaternary nitrogens is 1. The van der Waals surface area contributed by atoms with Crippen molar-refractivity contribution >= 4 is 6.21 Å². The molecule has 1 aliphatic rings. The zero-order chi connectivity index (χ0) is 4.41. The Balaban J connectivity index is 2.32. The highest BCUT2D eigenvalue weighted by Crippen LogP contribution is 1.60. The molecular weight excluding hydrogens is 80.0 g/mol. The van der Waals surface area contributed by atoms with Crippen LogP contribution in [0.2, 0.25) is 0 Å². The highest BCUT2D eigenvalue weighted by atomic mass is 16.5. The molecule has 0 aliphatic carbocycles. The second-order valence-corrected chi connectivity index (χ2v) is 1.27. The average Bonchev–Trinajstić information content (AvgIpc) is 1.86. The Labute approximate surface area is 35.9 Å². The SMILES string of the molecule is [O-][NH+]1CC=NC1. The number of hydrogen-bond acceptors (Lipinski definition) is 2. The van der Waals surface area contributed by atoms with Crippen LogP contribution < -0.4 is 5.06 Å². The summed E-state index contributed by atoms with van der Waals surface area (Å²) in [6.07, 6.45) is 1.66. The van der Waals surface area contributed by atoms with Gasteiger partial charge in [-0.25, -0.2) is 4.99 Å². The van der Waals surface area contributed by atoms with Crippen LogP contribution >= 0.6 is 0 Å². The van der Waals surface area contributed by atoms with Crippen molar-refractivity contribution in [1.29, 1.82) is 0 Å². The summed E-state index contributed by atoms with van der Waals surface area (Å²) in [5, 5.41) is 10.3. The standard InChI is InChI=1S/C3H6N2O/c6-5-2-1-4-3-5/h1,5H,2-3H2. The molecule has 0 aromatic heterocycles. The van der Waals surface area contributed by atoms with Crippen LogP contribution in [0, 0.1) is 5.21 Å². The Morgan fingerprint density at radius 1 is 1.83 bits per heavy atom. The van der Waals surface area contributed by atoms with Crippen molar-refractivity contribution in [3.63, 3.8) is 0 Å². The fraction of sp³-hybridized carbons (Fsp3) is 0.667. The van der Waals surface area contributed by atoms with E-state index in [1.54, 1.807) is 6.21 Å². The van der Waals surface area contributed by atoms with Gasteiger partial charge >= 0.3 is 0 Å². The Kier molecular flexibility index (Phi) is 0.856. The second kappa shape index (κ2) is 1.36. The van der Waals surface area contributed by atoms with E-state index in [9.17, 15) is 5.21 Å². The monoisotopic (exact) mass is 86.0 g/mol. The van der Waals surface area contributed by atoms with Crippen LogP contribution in [0.25, 0.3) is 0 Å². The van der Waals surface area contributed by atoms with Gasteiger partial charge in [0.25, 0.3) is 0 Å². The van der Waals surface area contributed by atoms with Gasteiger partial charge < -0.3 is 10.3 Å². The highest BCUT2D eigenvalue weighted by Gasteiger charge is 1.95. The first-order chi connectivity index (χ1) is 2.89. The lowest BCUT2D eigenvalue weighted by molar-refractivity contribution is -0.830. The third kappa shape index (κ3) is 0.555. The second-order valence-electron chi connectivity index (χ2n) is 1.27. The number of hydrogen-bond donors (Lipinski definition) is 1. The molecule has 0 spiro atoms. The molecule has 1 heterocycles. The van der Waals surface area contributed by atoms with E-state index in [-0.39, 0.29) is 5.06 Å². The molecule has 1 atom stereocenters. The Morgan fingerprint density at radius 2 is 2.67 bits per heavy atom. The van der Waals surface area contributed by atoms with Crippen molar-refractivity contribution in [3.05, 3.63) is 5.21 Å². The van der Waals surface area contributed by atoms with Crippen LogP contribution in [0.4, 0.5) is 0 Å². The number of hydroxylamine groups is 2. The zero-order valence-corrected chi connectivity index (χ0v) is 3.35. The van der Waals surface area contributed by atoms with E-state index in [0.29, 0.717) is 13.2 Å². The third-order valence-electron chi connectivity index (χ3n) is 0.716. The quantitative estimate of drug-likeness (QED) is 0.355. The van der Waals surface area contributed by atoms with E-state index in [1.807, 2.05) is 0 Å². The summed E-state index contributed by atoms with van der Waals surface area (Å²) >= 11 is 0. The van der Waals surface area contributed by atoms with Crippen LogP contribution in [-0.4, -0.2) is 19.4 Å². The van der Waals surface area contributed by atoms with Crippen LogP contribution in [0.5, 0.6) is 0 Å². The van der Waals surface area contributed by atoms with Gasteiger partial charge in [-0.3, -0.25) is 0 Å². The molecule has 1 N–H and O–H groups in total. The van der Waals surface area contributed by atoms with Crippen molar-refractivity contribution in [1.82, 2.24) is 0 Å². The normalized spacial score (nSPS) is 31.8. The lowest BCUT2D eigenvalue weighted by atomic mass is 10.8. The van der Waals surface area contributed by atoms with Gasteiger partial charge in [0.2, 0.25) is 0 Å². The summed E-state index contributed by atoms with van der Waals surface area (Å²) in [7, 11) is 0. The number of nitrogens with zero attached hydrogens (tertiary/aromatic N) is 1. The molecule has 0 aromatic carbocycles. The van der Waals surface area contributed by atoms with Crippen molar-refractivity contribution in [2.45, 2.75) is 0 Å². The van der Waals surface area contributed by atoms with E-state index < -0.39 is 0 Å². The molecule has 1 aliphatic heterocycles. The van der Waals surface area contributed by atoms with Gasteiger partial charge in [0.15, 0.2) is 6.67 Å². The maximum Gasteiger partial charge on any atom is 0.170 e. The van der Waals surface area contributed by atoms with Crippen molar-refractivity contribution in [2.24, 2.45) is 4.99 Å². The number of aliphatic imine (C=N–C) groups is 1. The van der Waals surface area contributed by atoms with E-state index in [1.165, 1.54) is 0 Å². The van der Waals surface area contributed by atoms with Crippen LogP contribution in [0.3, 0.4) is 0 Å². The topological polar surface area (TPSA) is 39.9 Å². The minimum absolute atomic E-state index is 0.231. The zero-order valence-electron chi connectivity index (χ0n) is 3.35. The Bertz CT molecular complexity index is 63.2. The van der Waals surface area contributed by atoms with Crippen LogP contribution in [-0.2, 0) is 0 Å². The van der Waals surface area contributed by atoms with Gasteiger partial charge in [-0.15, -0.1) is 0 Å². The van der Waals surface area contributed by atoms with Gasteiger partial charge in [0, 0.05) is 0 Å². The van der Waals surface area contributed by atoms with Gasteiger partial charge in [0.05, 0.1) is 6.21 Å². The Morgan fingerprint density at radius 3 is 2.83 bits per heavy atom. The molecule has 1 rings (SSSR count). The summed E-state index contributed by atoms with van der Waals surface area (Å²) in [6, 6.07) is 0.